The Labute approximate surface area is 82.6 Å². The highest BCUT2D eigenvalue weighted by Crippen LogP contribution is 2.28. The largest absolute Gasteiger partial charge is 0.393 e. The van der Waals surface area contributed by atoms with E-state index in [2.05, 4.69) is 29.8 Å². The number of hydrogen-bond donors (Lipinski definition) is 2. The summed E-state index contributed by atoms with van der Waals surface area (Å²) in [6.07, 6.45) is 1.59. The van der Waals surface area contributed by atoms with Crippen molar-refractivity contribution in [3.8, 4) is 0 Å². The smallest absolute Gasteiger partial charge is 0.0573 e. The molecule has 0 amide bonds. The first-order valence-corrected chi connectivity index (χ1v) is 5.61. The van der Waals surface area contributed by atoms with Crippen LogP contribution in [0.15, 0.2) is 17.5 Å². The number of nitrogens with one attached hydrogen (secondary N) is 1. The minimum atomic E-state index is -0.136. The van der Waals surface area contributed by atoms with Gasteiger partial charge in [-0.25, -0.2) is 0 Å². The maximum atomic E-state index is 9.61. The molecule has 0 aromatic carbocycles. The van der Waals surface area contributed by atoms with Crippen LogP contribution in [0.5, 0.6) is 0 Å². The average molecular weight is 197 g/mol. The molecule has 13 heavy (non-hydrogen) atoms. The van der Waals surface area contributed by atoms with E-state index in [0.717, 1.165) is 12.8 Å². The molecule has 2 N–H and O–H groups in total. The highest BCUT2D eigenvalue weighted by atomic mass is 32.1. The van der Waals surface area contributed by atoms with E-state index in [9.17, 15) is 5.11 Å². The van der Waals surface area contributed by atoms with Gasteiger partial charge in [0.05, 0.1) is 6.10 Å². The third-order valence-electron chi connectivity index (χ3n) is 2.51. The molecule has 1 aromatic heterocycles. The zero-order valence-electron chi connectivity index (χ0n) is 7.73. The number of aliphatic hydroxyl groups excluding tert-OH is 1. The topological polar surface area (TPSA) is 32.3 Å². The van der Waals surface area contributed by atoms with Crippen molar-refractivity contribution in [3.63, 3.8) is 0 Å². The number of piperidine rings is 1. The summed E-state index contributed by atoms with van der Waals surface area (Å²) in [4.78, 5) is 1.34. The number of hydrogen-bond acceptors (Lipinski definition) is 3. The SMILES string of the molecule is CC1CC(O)CC(c2cccs2)N1. The fourth-order valence-electron chi connectivity index (χ4n) is 1.94. The van der Waals surface area contributed by atoms with Gasteiger partial charge in [-0.05, 0) is 31.2 Å². The first kappa shape index (κ1) is 9.19. The van der Waals surface area contributed by atoms with E-state index in [1.165, 1.54) is 4.88 Å². The van der Waals surface area contributed by atoms with Crippen LogP contribution in [0.2, 0.25) is 0 Å². The molecule has 72 valence electrons. The minimum Gasteiger partial charge on any atom is -0.393 e. The molecule has 2 rings (SSSR count). The summed E-state index contributed by atoms with van der Waals surface area (Å²) in [6, 6.07) is 4.98. The first-order chi connectivity index (χ1) is 6.25. The van der Waals surface area contributed by atoms with Crippen LogP contribution in [0.4, 0.5) is 0 Å². The predicted octanol–water partition coefficient (Wildman–Crippen LogP) is 1.92. The molecule has 0 aliphatic carbocycles. The van der Waals surface area contributed by atoms with Crippen molar-refractivity contribution in [2.24, 2.45) is 0 Å². The Morgan fingerprint density at radius 1 is 1.54 bits per heavy atom. The van der Waals surface area contributed by atoms with Crippen molar-refractivity contribution >= 4 is 11.3 Å². The van der Waals surface area contributed by atoms with Gasteiger partial charge < -0.3 is 10.4 Å². The van der Waals surface area contributed by atoms with Gasteiger partial charge in [0, 0.05) is 17.0 Å². The zero-order chi connectivity index (χ0) is 9.26. The molecular formula is C10H15NOS. The summed E-state index contributed by atoms with van der Waals surface area (Å²) >= 11 is 1.76. The molecule has 0 saturated carbocycles. The Morgan fingerprint density at radius 2 is 2.38 bits per heavy atom. The van der Waals surface area contributed by atoms with Crippen molar-refractivity contribution in [1.82, 2.24) is 5.32 Å². The van der Waals surface area contributed by atoms with E-state index in [0.29, 0.717) is 12.1 Å². The van der Waals surface area contributed by atoms with E-state index in [4.69, 9.17) is 0 Å². The third kappa shape index (κ3) is 2.10. The molecule has 3 unspecified atom stereocenters. The number of aliphatic hydroxyl groups is 1. The molecule has 1 saturated heterocycles. The summed E-state index contributed by atoms with van der Waals surface area (Å²) in [5.41, 5.74) is 0. The Balaban J connectivity index is 2.07. The average Bonchev–Trinajstić information content (AvgIpc) is 2.53. The quantitative estimate of drug-likeness (QED) is 0.721. The van der Waals surface area contributed by atoms with Crippen LogP contribution in [0.3, 0.4) is 0 Å². The molecule has 1 fully saturated rings. The number of rotatable bonds is 1. The Morgan fingerprint density at radius 3 is 3.00 bits per heavy atom. The minimum absolute atomic E-state index is 0.136. The Kier molecular flexibility index (Phi) is 2.67. The number of thiophene rings is 1. The molecule has 0 radical (unpaired) electrons. The fraction of sp³-hybridized carbons (Fsp3) is 0.600. The van der Waals surface area contributed by atoms with Crippen molar-refractivity contribution in [2.45, 2.75) is 38.0 Å². The Bertz CT molecular complexity index is 250. The molecule has 0 spiro atoms. The summed E-state index contributed by atoms with van der Waals surface area (Å²) in [6.45, 7) is 2.13. The summed E-state index contributed by atoms with van der Waals surface area (Å²) in [5, 5.41) is 15.2. The van der Waals surface area contributed by atoms with E-state index < -0.39 is 0 Å². The molecule has 2 heterocycles. The van der Waals surface area contributed by atoms with Gasteiger partial charge >= 0.3 is 0 Å². The lowest BCUT2D eigenvalue weighted by Crippen LogP contribution is -2.40. The monoisotopic (exact) mass is 197 g/mol. The van der Waals surface area contributed by atoms with Gasteiger partial charge in [-0.1, -0.05) is 6.07 Å². The highest BCUT2D eigenvalue weighted by molar-refractivity contribution is 7.10. The second-order valence-electron chi connectivity index (χ2n) is 3.76. The van der Waals surface area contributed by atoms with Crippen LogP contribution in [0.25, 0.3) is 0 Å². The second kappa shape index (κ2) is 3.78. The van der Waals surface area contributed by atoms with Crippen molar-refractivity contribution in [1.29, 1.82) is 0 Å². The molecule has 3 atom stereocenters. The van der Waals surface area contributed by atoms with Gasteiger partial charge in [-0.3, -0.25) is 0 Å². The van der Waals surface area contributed by atoms with Gasteiger partial charge in [-0.15, -0.1) is 11.3 Å². The highest BCUT2D eigenvalue weighted by Gasteiger charge is 2.25. The maximum Gasteiger partial charge on any atom is 0.0573 e. The van der Waals surface area contributed by atoms with E-state index >= 15 is 0 Å². The normalized spacial score (nSPS) is 34.8. The van der Waals surface area contributed by atoms with Crippen LogP contribution < -0.4 is 5.32 Å². The van der Waals surface area contributed by atoms with Gasteiger partial charge in [0.1, 0.15) is 0 Å². The van der Waals surface area contributed by atoms with Crippen molar-refractivity contribution < 1.29 is 5.11 Å². The van der Waals surface area contributed by atoms with E-state index in [-0.39, 0.29) is 6.10 Å². The maximum absolute atomic E-state index is 9.61. The Hall–Kier alpha value is -0.380. The lowest BCUT2D eigenvalue weighted by Gasteiger charge is -2.31. The molecule has 1 aliphatic heterocycles. The predicted molar refractivity (Wildman–Crippen MR) is 54.9 cm³/mol. The zero-order valence-corrected chi connectivity index (χ0v) is 8.55. The molecule has 0 bridgehead atoms. The molecule has 3 heteroatoms. The van der Waals surface area contributed by atoms with E-state index in [1.807, 2.05) is 0 Å². The molecule has 1 aliphatic rings. The fourth-order valence-corrected chi connectivity index (χ4v) is 2.74. The van der Waals surface area contributed by atoms with Crippen LogP contribution in [0, 0.1) is 0 Å². The lowest BCUT2D eigenvalue weighted by molar-refractivity contribution is 0.0983. The summed E-state index contributed by atoms with van der Waals surface area (Å²) in [7, 11) is 0. The third-order valence-corrected chi connectivity index (χ3v) is 3.49. The van der Waals surface area contributed by atoms with Gasteiger partial charge in [0.15, 0.2) is 0 Å². The van der Waals surface area contributed by atoms with Crippen LogP contribution in [-0.2, 0) is 0 Å². The summed E-state index contributed by atoms with van der Waals surface area (Å²) < 4.78 is 0. The first-order valence-electron chi connectivity index (χ1n) is 4.73. The molecular weight excluding hydrogens is 182 g/mol. The van der Waals surface area contributed by atoms with Crippen LogP contribution in [0.1, 0.15) is 30.7 Å². The molecule has 2 nitrogen and oxygen atoms in total. The molecule has 1 aromatic rings. The van der Waals surface area contributed by atoms with Crippen LogP contribution in [-0.4, -0.2) is 17.3 Å². The standard InChI is InChI=1S/C10H15NOS/c1-7-5-8(12)6-9(11-7)10-3-2-4-13-10/h2-4,7-9,11-12H,5-6H2,1H3. The van der Waals surface area contributed by atoms with Gasteiger partial charge in [-0.2, -0.15) is 0 Å². The second-order valence-corrected chi connectivity index (χ2v) is 4.74. The lowest BCUT2D eigenvalue weighted by atomic mass is 9.96. The summed E-state index contributed by atoms with van der Waals surface area (Å²) in [5.74, 6) is 0. The van der Waals surface area contributed by atoms with E-state index in [1.54, 1.807) is 11.3 Å². The van der Waals surface area contributed by atoms with Gasteiger partial charge in [0.25, 0.3) is 0 Å². The van der Waals surface area contributed by atoms with Crippen molar-refractivity contribution in [2.75, 3.05) is 0 Å². The van der Waals surface area contributed by atoms with Crippen molar-refractivity contribution in [3.05, 3.63) is 22.4 Å². The van der Waals surface area contributed by atoms with Crippen LogP contribution >= 0.6 is 11.3 Å². The van der Waals surface area contributed by atoms with Gasteiger partial charge in [0.2, 0.25) is 0 Å².